The van der Waals surface area contributed by atoms with Crippen molar-refractivity contribution in [3.8, 4) is 5.69 Å². The zero-order valence-corrected chi connectivity index (χ0v) is 14.8. The molecule has 7 heteroatoms. The van der Waals surface area contributed by atoms with Gasteiger partial charge in [-0.1, -0.05) is 18.2 Å². The van der Waals surface area contributed by atoms with Gasteiger partial charge in [0, 0.05) is 25.7 Å². The molecule has 2 aromatic heterocycles. The molecule has 1 N–H and O–H groups in total. The van der Waals surface area contributed by atoms with Crippen LogP contribution >= 0.6 is 0 Å². The minimum absolute atomic E-state index is 0.180. The first-order valence-electron chi connectivity index (χ1n) is 8.97. The van der Waals surface area contributed by atoms with Crippen molar-refractivity contribution in [3.05, 3.63) is 64.7 Å². The third kappa shape index (κ3) is 3.37. The molecular weight excluding hydrogens is 328 g/mol. The molecule has 0 radical (unpaired) electrons. The molecule has 1 aliphatic rings. The molecule has 4 rings (SSSR count). The first-order chi connectivity index (χ1) is 12.7. The summed E-state index contributed by atoms with van der Waals surface area (Å²) in [5.74, 6) is 3.11. The molecule has 134 valence electrons. The van der Waals surface area contributed by atoms with Gasteiger partial charge in [0.15, 0.2) is 0 Å². The fourth-order valence-corrected chi connectivity index (χ4v) is 3.55. The minimum Gasteiger partial charge on any atom is -0.356 e. The van der Waals surface area contributed by atoms with Crippen molar-refractivity contribution in [1.82, 2.24) is 24.7 Å². The predicted octanol–water partition coefficient (Wildman–Crippen LogP) is 2.12. The SMILES string of the molecule is Cc1nccc(N2CCC(Cc3n[nH]c(=O)n3-c3ccccc3)CC2)n1. The number of benzene rings is 1. The summed E-state index contributed by atoms with van der Waals surface area (Å²) in [5.41, 5.74) is 0.676. The van der Waals surface area contributed by atoms with Gasteiger partial charge >= 0.3 is 5.69 Å². The quantitative estimate of drug-likeness (QED) is 0.780. The summed E-state index contributed by atoms with van der Waals surface area (Å²) in [4.78, 5) is 23.2. The Kier molecular flexibility index (Phi) is 4.51. The number of piperidine rings is 1. The Morgan fingerprint density at radius 1 is 1.15 bits per heavy atom. The number of hydrogen-bond donors (Lipinski definition) is 1. The monoisotopic (exact) mass is 350 g/mol. The third-order valence-corrected chi connectivity index (χ3v) is 4.93. The van der Waals surface area contributed by atoms with E-state index in [9.17, 15) is 4.79 Å². The number of rotatable bonds is 4. The van der Waals surface area contributed by atoms with E-state index >= 15 is 0 Å². The molecule has 0 aliphatic carbocycles. The number of hydrogen-bond acceptors (Lipinski definition) is 5. The summed E-state index contributed by atoms with van der Waals surface area (Å²) in [6, 6.07) is 11.6. The van der Waals surface area contributed by atoms with E-state index in [1.165, 1.54) is 0 Å². The van der Waals surface area contributed by atoms with Crippen molar-refractivity contribution >= 4 is 5.82 Å². The van der Waals surface area contributed by atoms with Gasteiger partial charge in [0.2, 0.25) is 0 Å². The molecule has 0 spiro atoms. The fraction of sp³-hybridized carbons (Fsp3) is 0.368. The smallest absolute Gasteiger partial charge is 0.347 e. The van der Waals surface area contributed by atoms with Crippen LogP contribution in [-0.2, 0) is 6.42 Å². The lowest BCUT2D eigenvalue weighted by Crippen LogP contribution is -2.35. The first kappa shape index (κ1) is 16.5. The molecule has 1 aliphatic heterocycles. The minimum atomic E-state index is -0.180. The van der Waals surface area contributed by atoms with Crippen LogP contribution in [0.25, 0.3) is 5.69 Å². The van der Waals surface area contributed by atoms with Crippen LogP contribution in [0.1, 0.15) is 24.5 Å². The summed E-state index contributed by atoms with van der Waals surface area (Å²) >= 11 is 0. The largest absolute Gasteiger partial charge is 0.356 e. The van der Waals surface area contributed by atoms with Gasteiger partial charge in [0.1, 0.15) is 17.5 Å². The molecule has 1 saturated heterocycles. The van der Waals surface area contributed by atoms with Crippen LogP contribution in [-0.4, -0.2) is 37.8 Å². The molecular formula is C19H22N6O. The summed E-state index contributed by atoms with van der Waals surface area (Å²) in [6.45, 7) is 3.83. The molecule has 0 atom stereocenters. The molecule has 0 amide bonds. The molecule has 1 aromatic carbocycles. The topological polar surface area (TPSA) is 79.7 Å². The highest BCUT2D eigenvalue weighted by atomic mass is 16.1. The lowest BCUT2D eigenvalue weighted by Gasteiger charge is -2.32. The standard InChI is InChI=1S/C19H22N6O/c1-14-20-10-7-17(21-14)24-11-8-15(9-12-24)13-18-22-23-19(26)25(18)16-5-3-2-4-6-16/h2-7,10,15H,8-9,11-13H2,1H3,(H,23,26). The normalized spacial score (nSPS) is 15.3. The second-order valence-corrected chi connectivity index (χ2v) is 6.71. The maximum absolute atomic E-state index is 12.2. The second kappa shape index (κ2) is 7.11. The number of para-hydroxylation sites is 1. The van der Waals surface area contributed by atoms with E-state index < -0.39 is 0 Å². The van der Waals surface area contributed by atoms with E-state index in [2.05, 4.69) is 25.1 Å². The Labute approximate surface area is 151 Å². The maximum Gasteiger partial charge on any atom is 0.347 e. The van der Waals surface area contributed by atoms with Crippen molar-refractivity contribution in [2.45, 2.75) is 26.2 Å². The van der Waals surface area contributed by atoms with Gasteiger partial charge in [-0.05, 0) is 43.9 Å². The van der Waals surface area contributed by atoms with Gasteiger partial charge in [-0.3, -0.25) is 0 Å². The van der Waals surface area contributed by atoms with Gasteiger partial charge in [-0.15, -0.1) is 0 Å². The van der Waals surface area contributed by atoms with Crippen molar-refractivity contribution in [2.75, 3.05) is 18.0 Å². The number of H-pyrrole nitrogens is 1. The number of nitrogens with one attached hydrogen (secondary N) is 1. The highest BCUT2D eigenvalue weighted by Crippen LogP contribution is 2.24. The van der Waals surface area contributed by atoms with Crippen LogP contribution in [0.3, 0.4) is 0 Å². The average Bonchev–Trinajstić information content (AvgIpc) is 3.03. The predicted molar refractivity (Wildman–Crippen MR) is 99.6 cm³/mol. The molecule has 3 heterocycles. The summed E-state index contributed by atoms with van der Waals surface area (Å²) < 4.78 is 1.68. The van der Waals surface area contributed by atoms with Crippen LogP contribution in [0.2, 0.25) is 0 Å². The van der Waals surface area contributed by atoms with Crippen molar-refractivity contribution in [2.24, 2.45) is 5.92 Å². The van der Waals surface area contributed by atoms with Crippen molar-refractivity contribution in [3.63, 3.8) is 0 Å². The highest BCUT2D eigenvalue weighted by molar-refractivity contribution is 5.38. The third-order valence-electron chi connectivity index (χ3n) is 4.93. The maximum atomic E-state index is 12.2. The Morgan fingerprint density at radius 2 is 1.92 bits per heavy atom. The molecule has 7 nitrogen and oxygen atoms in total. The lowest BCUT2D eigenvalue weighted by atomic mass is 9.93. The van der Waals surface area contributed by atoms with Gasteiger partial charge in [-0.25, -0.2) is 24.4 Å². The Morgan fingerprint density at radius 3 is 2.65 bits per heavy atom. The zero-order chi connectivity index (χ0) is 17.9. The van der Waals surface area contributed by atoms with Crippen molar-refractivity contribution < 1.29 is 0 Å². The lowest BCUT2D eigenvalue weighted by molar-refractivity contribution is 0.393. The molecule has 0 saturated carbocycles. The number of aromatic nitrogens is 5. The average molecular weight is 350 g/mol. The number of aromatic amines is 1. The van der Waals surface area contributed by atoms with Crippen LogP contribution in [0, 0.1) is 12.8 Å². The number of nitrogens with zero attached hydrogens (tertiary/aromatic N) is 5. The van der Waals surface area contributed by atoms with E-state index in [1.54, 1.807) is 4.57 Å². The Hall–Kier alpha value is -2.96. The summed E-state index contributed by atoms with van der Waals surface area (Å²) in [7, 11) is 0. The first-order valence-corrected chi connectivity index (χ1v) is 8.97. The zero-order valence-electron chi connectivity index (χ0n) is 14.8. The van der Waals surface area contributed by atoms with E-state index in [0.29, 0.717) is 5.92 Å². The number of anilines is 1. The van der Waals surface area contributed by atoms with Gasteiger partial charge < -0.3 is 4.90 Å². The molecule has 0 bridgehead atoms. The Balaban J connectivity index is 1.45. The summed E-state index contributed by atoms with van der Waals surface area (Å²) in [5, 5.41) is 6.86. The summed E-state index contributed by atoms with van der Waals surface area (Å²) in [6.07, 6.45) is 4.72. The van der Waals surface area contributed by atoms with Gasteiger partial charge in [0.25, 0.3) is 0 Å². The second-order valence-electron chi connectivity index (χ2n) is 6.71. The van der Waals surface area contributed by atoms with Crippen LogP contribution in [0.15, 0.2) is 47.4 Å². The molecule has 26 heavy (non-hydrogen) atoms. The van der Waals surface area contributed by atoms with E-state index in [4.69, 9.17) is 0 Å². The highest BCUT2D eigenvalue weighted by Gasteiger charge is 2.23. The van der Waals surface area contributed by atoms with Crippen LogP contribution in [0.5, 0.6) is 0 Å². The molecule has 0 unspecified atom stereocenters. The Bertz CT molecular complexity index is 924. The molecule has 1 fully saturated rings. The van der Waals surface area contributed by atoms with Gasteiger partial charge in [-0.2, -0.15) is 5.10 Å². The van der Waals surface area contributed by atoms with Crippen LogP contribution in [0.4, 0.5) is 5.82 Å². The van der Waals surface area contributed by atoms with E-state index in [-0.39, 0.29) is 5.69 Å². The number of aryl methyl sites for hydroxylation is 1. The van der Waals surface area contributed by atoms with E-state index in [0.717, 1.165) is 55.5 Å². The van der Waals surface area contributed by atoms with Crippen LogP contribution < -0.4 is 10.6 Å². The van der Waals surface area contributed by atoms with Gasteiger partial charge in [0.05, 0.1) is 5.69 Å². The molecule has 3 aromatic rings. The van der Waals surface area contributed by atoms with Crippen molar-refractivity contribution in [1.29, 1.82) is 0 Å². The van der Waals surface area contributed by atoms with E-state index in [1.807, 2.05) is 49.5 Å². The fourth-order valence-electron chi connectivity index (χ4n) is 3.55.